The van der Waals surface area contributed by atoms with Gasteiger partial charge in [0, 0.05) is 55.3 Å². The van der Waals surface area contributed by atoms with E-state index in [0.29, 0.717) is 0 Å². The lowest BCUT2D eigenvalue weighted by Gasteiger charge is -2.25. The number of hydrogen-bond donors (Lipinski definition) is 0. The maximum Gasteiger partial charge on any atom is 0.137 e. The van der Waals surface area contributed by atoms with Gasteiger partial charge in [-0.3, -0.25) is 0 Å². The van der Waals surface area contributed by atoms with Gasteiger partial charge in [-0.2, -0.15) is 0 Å². The normalized spacial score (nSPS) is 14.5. The first-order valence-electron chi connectivity index (χ1n) is 22.2. The molecule has 300 valence electrons. The lowest BCUT2D eigenvalue weighted by molar-refractivity contribution is 0.664. The smallest absolute Gasteiger partial charge is 0.137 e. The van der Waals surface area contributed by atoms with E-state index in [-0.39, 0.29) is 5.92 Å². The Morgan fingerprint density at radius 3 is 1.62 bits per heavy atom. The van der Waals surface area contributed by atoms with E-state index >= 15 is 0 Å². The molecule has 0 amide bonds. The van der Waals surface area contributed by atoms with Crippen LogP contribution in [0.4, 0.5) is 0 Å². The number of rotatable bonds is 5. The maximum absolute atomic E-state index is 6.77. The van der Waals surface area contributed by atoms with Crippen molar-refractivity contribution in [2.75, 3.05) is 0 Å². The summed E-state index contributed by atoms with van der Waals surface area (Å²) in [5, 5.41) is 9.72. The van der Waals surface area contributed by atoms with E-state index < -0.39 is 0 Å². The topological polar surface area (TPSA) is 27.9 Å². The summed E-state index contributed by atoms with van der Waals surface area (Å²) in [5.74, 6) is 0.100. The second-order valence-corrected chi connectivity index (χ2v) is 17.2. The van der Waals surface area contributed by atoms with Crippen molar-refractivity contribution in [2.24, 2.45) is 0 Å². The van der Waals surface area contributed by atoms with Crippen LogP contribution in [0, 0.1) is 0 Å². The summed E-state index contributed by atoms with van der Waals surface area (Å²) in [7, 11) is 0. The Labute approximate surface area is 368 Å². The third-order valence-electron chi connectivity index (χ3n) is 13.8. The second kappa shape index (κ2) is 13.6. The van der Waals surface area contributed by atoms with Gasteiger partial charge in [-0.15, -0.1) is 0 Å². The fraction of sp³-hybridized carbons (Fsp3) is 0.0333. The molecule has 4 heteroatoms. The van der Waals surface area contributed by atoms with E-state index in [1.54, 1.807) is 0 Å². The number of fused-ring (bicyclic) bond motifs is 8. The molecule has 0 spiro atoms. The molecule has 13 aromatic rings. The Kier molecular flexibility index (Phi) is 7.48. The molecule has 0 saturated carbocycles. The van der Waals surface area contributed by atoms with E-state index in [2.05, 4.69) is 232 Å². The summed E-state index contributed by atoms with van der Waals surface area (Å²) in [6.07, 6.45) is 5.80. The van der Waals surface area contributed by atoms with E-state index in [9.17, 15) is 0 Å². The van der Waals surface area contributed by atoms with Gasteiger partial charge in [0.2, 0.25) is 0 Å². The zero-order valence-corrected chi connectivity index (χ0v) is 34.8. The van der Waals surface area contributed by atoms with E-state index in [1.807, 2.05) is 0 Å². The summed E-state index contributed by atoms with van der Waals surface area (Å²) in [5.41, 5.74) is 16.3. The highest BCUT2D eigenvalue weighted by Crippen LogP contribution is 2.46. The van der Waals surface area contributed by atoms with Crippen LogP contribution in [0.25, 0.3) is 110 Å². The molecule has 1 unspecified atom stereocenters. The fourth-order valence-electron chi connectivity index (χ4n) is 11.0. The molecule has 4 heterocycles. The minimum absolute atomic E-state index is 0.100. The number of hydrogen-bond acceptors (Lipinski definition) is 1. The Hall–Kier alpha value is -8.34. The second-order valence-electron chi connectivity index (χ2n) is 17.2. The molecular formula is C60H39N3O. The van der Waals surface area contributed by atoms with Gasteiger partial charge in [-0.25, -0.2) is 0 Å². The van der Waals surface area contributed by atoms with Gasteiger partial charge < -0.3 is 18.1 Å². The highest BCUT2D eigenvalue weighted by Gasteiger charge is 2.26. The molecule has 14 rings (SSSR count). The number of para-hydroxylation sites is 5. The van der Waals surface area contributed by atoms with Crippen molar-refractivity contribution < 1.29 is 4.42 Å². The largest absolute Gasteiger partial charge is 0.456 e. The van der Waals surface area contributed by atoms with E-state index in [4.69, 9.17) is 4.42 Å². The van der Waals surface area contributed by atoms with E-state index in [1.165, 1.54) is 88.0 Å². The summed E-state index contributed by atoms with van der Waals surface area (Å²) in [4.78, 5) is 0. The standard InChI is InChI=1S/C60H39N3O/c1-3-15-42(16-4-1)61-51-23-10-7-19-45(51)49-36-38(29-31-53(49)61)40-33-41(39-30-32-54-50(37-39)46-20-8-11-24-52(46)62(54)43-17-5-2-6-18-43)35-44(34-40)63-55-25-13-22-48-47-21-9-12-27-57(47)64-58-28-14-26-56(63)60(58)59(48)55/h1-34,36-37,41H,35H2. The van der Waals surface area contributed by atoms with Crippen LogP contribution in [0.3, 0.4) is 0 Å². The van der Waals surface area contributed by atoms with Crippen molar-refractivity contribution in [1.29, 1.82) is 0 Å². The average Bonchev–Trinajstić information content (AvgIpc) is 3.96. The van der Waals surface area contributed by atoms with Crippen LogP contribution in [0.5, 0.6) is 0 Å². The molecule has 0 bridgehead atoms. The van der Waals surface area contributed by atoms with Crippen molar-refractivity contribution in [3.8, 4) is 11.4 Å². The quantitative estimate of drug-likeness (QED) is 0.170. The average molecular weight is 818 g/mol. The monoisotopic (exact) mass is 817 g/mol. The third-order valence-corrected chi connectivity index (χ3v) is 13.8. The lowest BCUT2D eigenvalue weighted by Crippen LogP contribution is -2.08. The minimum atomic E-state index is 0.100. The molecule has 4 aromatic heterocycles. The first-order chi connectivity index (χ1) is 31.7. The van der Waals surface area contributed by atoms with Gasteiger partial charge >= 0.3 is 0 Å². The molecule has 0 radical (unpaired) electrons. The van der Waals surface area contributed by atoms with Crippen LogP contribution < -0.4 is 0 Å². The molecule has 0 saturated heterocycles. The third kappa shape index (κ3) is 5.11. The predicted octanol–water partition coefficient (Wildman–Crippen LogP) is 16.0. The zero-order chi connectivity index (χ0) is 41.9. The summed E-state index contributed by atoms with van der Waals surface area (Å²) >= 11 is 0. The number of aromatic nitrogens is 3. The lowest BCUT2D eigenvalue weighted by atomic mass is 9.85. The van der Waals surface area contributed by atoms with Crippen LogP contribution >= 0.6 is 0 Å². The molecular weight excluding hydrogens is 779 g/mol. The fourth-order valence-corrected chi connectivity index (χ4v) is 11.0. The van der Waals surface area contributed by atoms with Crippen LogP contribution in [-0.4, -0.2) is 13.7 Å². The predicted molar refractivity (Wildman–Crippen MR) is 268 cm³/mol. The Morgan fingerprint density at radius 2 is 0.906 bits per heavy atom. The van der Waals surface area contributed by atoms with Crippen LogP contribution in [0.15, 0.2) is 223 Å². The van der Waals surface area contributed by atoms with Gasteiger partial charge in [0.25, 0.3) is 0 Å². The van der Waals surface area contributed by atoms with Crippen molar-refractivity contribution in [3.63, 3.8) is 0 Å². The zero-order valence-electron chi connectivity index (χ0n) is 34.8. The molecule has 1 atom stereocenters. The van der Waals surface area contributed by atoms with Gasteiger partial charge in [0.15, 0.2) is 0 Å². The molecule has 9 aromatic carbocycles. The summed E-state index contributed by atoms with van der Waals surface area (Å²) in [6.45, 7) is 0. The first kappa shape index (κ1) is 35.3. The molecule has 4 nitrogen and oxygen atoms in total. The molecule has 1 aliphatic carbocycles. The van der Waals surface area contributed by atoms with Gasteiger partial charge in [0.1, 0.15) is 11.2 Å². The van der Waals surface area contributed by atoms with Gasteiger partial charge in [0.05, 0.1) is 38.5 Å². The number of benzene rings is 9. The first-order valence-corrected chi connectivity index (χ1v) is 22.2. The highest BCUT2D eigenvalue weighted by molar-refractivity contribution is 6.27. The van der Waals surface area contributed by atoms with Crippen LogP contribution in [0.2, 0.25) is 0 Å². The highest BCUT2D eigenvalue weighted by atomic mass is 16.3. The Morgan fingerprint density at radius 1 is 0.375 bits per heavy atom. The number of allylic oxidation sites excluding steroid dienone is 4. The Bertz CT molecular complexity index is 4100. The van der Waals surface area contributed by atoms with Gasteiger partial charge in [-0.1, -0.05) is 127 Å². The maximum atomic E-state index is 6.77. The van der Waals surface area contributed by atoms with E-state index in [0.717, 1.165) is 39.6 Å². The van der Waals surface area contributed by atoms with Crippen molar-refractivity contribution in [1.82, 2.24) is 13.7 Å². The van der Waals surface area contributed by atoms with Crippen molar-refractivity contribution in [3.05, 3.63) is 230 Å². The molecule has 0 aliphatic heterocycles. The van der Waals surface area contributed by atoms with Crippen LogP contribution in [0.1, 0.15) is 23.5 Å². The van der Waals surface area contributed by atoms with Crippen molar-refractivity contribution >= 4 is 98.6 Å². The summed E-state index contributed by atoms with van der Waals surface area (Å²) in [6, 6.07) is 75.0. The molecule has 0 N–H and O–H groups in total. The summed E-state index contributed by atoms with van der Waals surface area (Å²) < 4.78 is 14.1. The molecule has 64 heavy (non-hydrogen) atoms. The SMILES string of the molecule is C1=C(c2ccc3c(c2)c2ccccc2n3-c2ccccc2)C=C(n2c3cccc4oc5ccccc5c5cccc2c5c43)CC1c1ccc2c(c1)c1ccccc1n2-c1ccccc1. The molecule has 1 aliphatic rings. The van der Waals surface area contributed by atoms with Crippen LogP contribution in [-0.2, 0) is 0 Å². The Balaban J connectivity index is 1.02. The minimum Gasteiger partial charge on any atom is -0.456 e. The molecule has 0 fully saturated rings. The number of nitrogens with zero attached hydrogens (tertiary/aromatic N) is 3. The van der Waals surface area contributed by atoms with Gasteiger partial charge in [-0.05, 0) is 120 Å². The van der Waals surface area contributed by atoms with Crippen molar-refractivity contribution in [2.45, 2.75) is 12.3 Å².